The number of nitrogens with one attached hydrogen (secondary N) is 1. The molecule has 0 saturated carbocycles. The maximum absolute atomic E-state index is 6.03. The average molecular weight is 263 g/mol. The summed E-state index contributed by atoms with van der Waals surface area (Å²) < 4.78 is 16.8. The zero-order valence-electron chi connectivity index (χ0n) is 11.4. The van der Waals surface area contributed by atoms with Crippen LogP contribution in [0, 0.1) is 0 Å². The number of hydrogen-bond donors (Lipinski definition) is 1. The molecule has 1 N–H and O–H groups in total. The minimum absolute atomic E-state index is 0.158. The van der Waals surface area contributed by atoms with Crippen LogP contribution in [0.15, 0.2) is 18.2 Å². The van der Waals surface area contributed by atoms with Gasteiger partial charge in [-0.05, 0) is 36.6 Å². The standard InChI is InChI=1S/C15H21NO3/c1-17-14-3-2-11(12-4-6-16-9-12)8-15(14)19-13-5-7-18-10-13/h2-3,8,12-13,16H,4-7,9-10H2,1H3. The lowest BCUT2D eigenvalue weighted by molar-refractivity contribution is 0.138. The molecule has 0 aromatic heterocycles. The maximum Gasteiger partial charge on any atom is 0.161 e. The van der Waals surface area contributed by atoms with Gasteiger partial charge in [-0.25, -0.2) is 0 Å². The second-order valence-corrected chi connectivity index (χ2v) is 5.20. The highest BCUT2D eigenvalue weighted by Crippen LogP contribution is 2.34. The summed E-state index contributed by atoms with van der Waals surface area (Å²) in [5.74, 6) is 2.25. The quantitative estimate of drug-likeness (QED) is 0.901. The van der Waals surface area contributed by atoms with Crippen molar-refractivity contribution in [3.63, 3.8) is 0 Å². The first-order valence-corrected chi connectivity index (χ1v) is 7.00. The Hall–Kier alpha value is -1.26. The lowest BCUT2D eigenvalue weighted by Gasteiger charge is -2.17. The lowest BCUT2D eigenvalue weighted by atomic mass is 9.98. The summed E-state index contributed by atoms with van der Waals surface area (Å²) in [5, 5.41) is 3.40. The van der Waals surface area contributed by atoms with Gasteiger partial charge < -0.3 is 19.5 Å². The van der Waals surface area contributed by atoms with E-state index < -0.39 is 0 Å². The molecule has 0 spiro atoms. The SMILES string of the molecule is COc1ccc(C2CCNC2)cc1OC1CCOC1. The number of rotatable bonds is 4. The molecule has 1 aromatic carbocycles. The lowest BCUT2D eigenvalue weighted by Crippen LogP contribution is -2.16. The highest BCUT2D eigenvalue weighted by molar-refractivity contribution is 5.44. The van der Waals surface area contributed by atoms with E-state index in [0.717, 1.165) is 37.6 Å². The van der Waals surface area contributed by atoms with E-state index in [1.807, 2.05) is 6.07 Å². The minimum Gasteiger partial charge on any atom is -0.493 e. The van der Waals surface area contributed by atoms with Crippen LogP contribution in [0.3, 0.4) is 0 Å². The Kier molecular flexibility index (Phi) is 3.89. The molecule has 0 radical (unpaired) electrons. The van der Waals surface area contributed by atoms with Crippen molar-refractivity contribution >= 4 is 0 Å². The number of benzene rings is 1. The molecule has 3 rings (SSSR count). The van der Waals surface area contributed by atoms with Gasteiger partial charge in [0.2, 0.25) is 0 Å². The second kappa shape index (κ2) is 5.80. The van der Waals surface area contributed by atoms with E-state index in [1.54, 1.807) is 7.11 Å². The van der Waals surface area contributed by atoms with Gasteiger partial charge >= 0.3 is 0 Å². The molecular weight excluding hydrogens is 242 g/mol. The van der Waals surface area contributed by atoms with Gasteiger partial charge in [0.25, 0.3) is 0 Å². The van der Waals surface area contributed by atoms with E-state index in [9.17, 15) is 0 Å². The summed E-state index contributed by atoms with van der Waals surface area (Å²) in [7, 11) is 1.68. The molecule has 0 bridgehead atoms. The Morgan fingerprint density at radius 2 is 2.21 bits per heavy atom. The van der Waals surface area contributed by atoms with Gasteiger partial charge in [-0.2, -0.15) is 0 Å². The molecule has 19 heavy (non-hydrogen) atoms. The van der Waals surface area contributed by atoms with Crippen LogP contribution in [0.2, 0.25) is 0 Å². The molecule has 0 aliphatic carbocycles. The van der Waals surface area contributed by atoms with Gasteiger partial charge in [0.15, 0.2) is 11.5 Å². The number of ether oxygens (including phenoxy) is 3. The average Bonchev–Trinajstić information content (AvgIpc) is 3.11. The van der Waals surface area contributed by atoms with Crippen LogP contribution >= 0.6 is 0 Å². The normalized spacial score (nSPS) is 26.6. The number of methoxy groups -OCH3 is 1. The molecule has 4 nitrogen and oxygen atoms in total. The minimum atomic E-state index is 0.158. The molecule has 2 fully saturated rings. The van der Waals surface area contributed by atoms with Crippen LogP contribution in [0.5, 0.6) is 11.5 Å². The first-order chi connectivity index (χ1) is 9.36. The molecular formula is C15H21NO3. The summed E-state index contributed by atoms with van der Waals surface area (Å²) in [4.78, 5) is 0. The van der Waals surface area contributed by atoms with Gasteiger partial charge in [0, 0.05) is 13.0 Å². The third-order valence-corrected chi connectivity index (χ3v) is 3.90. The third-order valence-electron chi connectivity index (χ3n) is 3.90. The molecule has 2 saturated heterocycles. The van der Waals surface area contributed by atoms with E-state index in [2.05, 4.69) is 17.4 Å². The van der Waals surface area contributed by atoms with Crippen molar-refractivity contribution in [1.82, 2.24) is 5.32 Å². The Labute approximate surface area is 114 Å². The molecule has 2 heterocycles. The van der Waals surface area contributed by atoms with Crippen LogP contribution < -0.4 is 14.8 Å². The fraction of sp³-hybridized carbons (Fsp3) is 0.600. The number of hydrogen-bond acceptors (Lipinski definition) is 4. The van der Waals surface area contributed by atoms with Gasteiger partial charge in [-0.15, -0.1) is 0 Å². The van der Waals surface area contributed by atoms with E-state index >= 15 is 0 Å². The van der Waals surface area contributed by atoms with Crippen LogP contribution in [-0.2, 0) is 4.74 Å². The van der Waals surface area contributed by atoms with Crippen LogP contribution in [-0.4, -0.2) is 39.5 Å². The topological polar surface area (TPSA) is 39.7 Å². The predicted molar refractivity (Wildman–Crippen MR) is 73.1 cm³/mol. The first-order valence-electron chi connectivity index (χ1n) is 7.00. The summed E-state index contributed by atoms with van der Waals surface area (Å²) in [6, 6.07) is 6.29. The summed E-state index contributed by atoms with van der Waals surface area (Å²) in [5.41, 5.74) is 1.33. The summed E-state index contributed by atoms with van der Waals surface area (Å²) in [6.07, 6.45) is 2.31. The molecule has 2 aliphatic heterocycles. The molecule has 104 valence electrons. The van der Waals surface area contributed by atoms with E-state index in [-0.39, 0.29) is 6.10 Å². The Morgan fingerprint density at radius 3 is 2.89 bits per heavy atom. The van der Waals surface area contributed by atoms with Crippen LogP contribution in [0.1, 0.15) is 24.3 Å². The van der Waals surface area contributed by atoms with Crippen molar-refractivity contribution in [2.75, 3.05) is 33.4 Å². The zero-order chi connectivity index (χ0) is 13.1. The Morgan fingerprint density at radius 1 is 1.26 bits per heavy atom. The molecule has 4 heteroatoms. The van der Waals surface area contributed by atoms with Gasteiger partial charge in [0.1, 0.15) is 6.10 Å². The van der Waals surface area contributed by atoms with Crippen molar-refractivity contribution in [2.45, 2.75) is 24.9 Å². The van der Waals surface area contributed by atoms with Crippen molar-refractivity contribution in [3.8, 4) is 11.5 Å². The molecule has 2 aliphatic rings. The smallest absolute Gasteiger partial charge is 0.161 e. The monoisotopic (exact) mass is 263 g/mol. The van der Waals surface area contributed by atoms with Crippen molar-refractivity contribution in [2.24, 2.45) is 0 Å². The fourth-order valence-electron chi connectivity index (χ4n) is 2.76. The van der Waals surface area contributed by atoms with Crippen molar-refractivity contribution in [1.29, 1.82) is 0 Å². The largest absolute Gasteiger partial charge is 0.493 e. The Bertz CT molecular complexity index is 423. The van der Waals surface area contributed by atoms with Gasteiger partial charge in [-0.3, -0.25) is 0 Å². The summed E-state index contributed by atoms with van der Waals surface area (Å²) in [6.45, 7) is 3.62. The highest BCUT2D eigenvalue weighted by Gasteiger charge is 2.22. The Balaban J connectivity index is 1.79. The van der Waals surface area contributed by atoms with Gasteiger partial charge in [0.05, 0.1) is 20.3 Å². The molecule has 0 amide bonds. The van der Waals surface area contributed by atoms with Crippen LogP contribution in [0.25, 0.3) is 0 Å². The first kappa shape index (κ1) is 12.8. The van der Waals surface area contributed by atoms with E-state index in [1.165, 1.54) is 12.0 Å². The van der Waals surface area contributed by atoms with Crippen LogP contribution in [0.4, 0.5) is 0 Å². The van der Waals surface area contributed by atoms with Crippen molar-refractivity contribution in [3.05, 3.63) is 23.8 Å². The summed E-state index contributed by atoms with van der Waals surface area (Å²) >= 11 is 0. The van der Waals surface area contributed by atoms with Crippen molar-refractivity contribution < 1.29 is 14.2 Å². The second-order valence-electron chi connectivity index (χ2n) is 5.20. The molecule has 1 aromatic rings. The highest BCUT2D eigenvalue weighted by atomic mass is 16.6. The predicted octanol–water partition coefficient (Wildman–Crippen LogP) is 1.94. The van der Waals surface area contributed by atoms with Gasteiger partial charge in [-0.1, -0.05) is 6.07 Å². The van der Waals surface area contributed by atoms with E-state index in [4.69, 9.17) is 14.2 Å². The van der Waals surface area contributed by atoms with E-state index in [0.29, 0.717) is 12.5 Å². The maximum atomic E-state index is 6.03. The molecule has 2 unspecified atom stereocenters. The third kappa shape index (κ3) is 2.85. The zero-order valence-corrected chi connectivity index (χ0v) is 11.4. The fourth-order valence-corrected chi connectivity index (χ4v) is 2.76. The molecule has 2 atom stereocenters.